The molecular formula is C18H13F6N3O2. The van der Waals surface area contributed by atoms with Gasteiger partial charge < -0.3 is 14.4 Å². The topological polar surface area (TPSA) is 58.4 Å². The predicted molar refractivity (Wildman–Crippen MR) is 88.0 cm³/mol. The molecule has 0 radical (unpaired) electrons. The second-order valence-corrected chi connectivity index (χ2v) is 6.09. The first-order valence-corrected chi connectivity index (χ1v) is 8.21. The maximum Gasteiger partial charge on any atom is 0.440 e. The summed E-state index contributed by atoms with van der Waals surface area (Å²) in [6.45, 7) is -1.70. The van der Waals surface area contributed by atoms with Crippen LogP contribution in [0.3, 0.4) is 0 Å². The highest BCUT2D eigenvalue weighted by Crippen LogP contribution is 2.44. The molecule has 154 valence electrons. The third-order valence-electron chi connectivity index (χ3n) is 4.36. The molecule has 11 heteroatoms. The zero-order chi connectivity index (χ0) is 21.3. The fraction of sp³-hybridized carbons (Fsp3) is 0.333. The molecule has 1 atom stereocenters. The largest absolute Gasteiger partial charge is 0.488 e. The molecule has 1 fully saturated rings. The average molecular weight is 417 g/mol. The first-order chi connectivity index (χ1) is 13.6. The number of aromatic nitrogens is 1. The summed E-state index contributed by atoms with van der Waals surface area (Å²) in [4.78, 5) is 4.40. The maximum atomic E-state index is 14.0. The molecule has 0 saturated carbocycles. The second-order valence-electron chi connectivity index (χ2n) is 6.09. The minimum absolute atomic E-state index is 0.0925. The standard InChI is InChI=1S/C18H13F6N3O2/c19-17(20,21)15-9-13(2-1-12(15)10-25)27-7-8-29-16(27,18(22,23)24)11-28-14-3-5-26-6-4-14/h1-6,9H,7-8,11H2. The van der Waals surface area contributed by atoms with E-state index in [4.69, 9.17) is 14.7 Å². The lowest BCUT2D eigenvalue weighted by atomic mass is 10.0. The molecule has 0 aliphatic carbocycles. The Labute approximate surface area is 161 Å². The smallest absolute Gasteiger partial charge is 0.440 e. The van der Waals surface area contributed by atoms with Gasteiger partial charge in [-0.2, -0.15) is 31.6 Å². The van der Waals surface area contributed by atoms with Crippen LogP contribution in [-0.2, 0) is 10.9 Å². The van der Waals surface area contributed by atoms with Crippen molar-refractivity contribution in [3.8, 4) is 11.8 Å². The third-order valence-corrected chi connectivity index (χ3v) is 4.36. The number of benzene rings is 1. The molecular weight excluding hydrogens is 404 g/mol. The van der Waals surface area contributed by atoms with E-state index >= 15 is 0 Å². The van der Waals surface area contributed by atoms with Gasteiger partial charge in [-0.1, -0.05) is 0 Å². The highest BCUT2D eigenvalue weighted by molar-refractivity contribution is 5.57. The SMILES string of the molecule is N#Cc1ccc(N2CCOC2(COc2ccncc2)C(F)(F)F)cc1C(F)(F)F. The van der Waals surface area contributed by atoms with Crippen molar-refractivity contribution in [3.05, 3.63) is 53.9 Å². The first-order valence-electron chi connectivity index (χ1n) is 8.21. The fourth-order valence-electron chi connectivity index (χ4n) is 2.99. The van der Waals surface area contributed by atoms with Gasteiger partial charge in [0.1, 0.15) is 12.4 Å². The summed E-state index contributed by atoms with van der Waals surface area (Å²) in [7, 11) is 0. The Hall–Kier alpha value is -3.00. The van der Waals surface area contributed by atoms with Gasteiger partial charge in [-0.15, -0.1) is 0 Å². The predicted octanol–water partition coefficient (Wildman–Crippen LogP) is 4.15. The number of rotatable bonds is 4. The van der Waals surface area contributed by atoms with E-state index in [2.05, 4.69) is 4.98 Å². The van der Waals surface area contributed by atoms with E-state index in [1.54, 1.807) is 0 Å². The molecule has 2 heterocycles. The van der Waals surface area contributed by atoms with Crippen LogP contribution in [-0.4, -0.2) is 36.6 Å². The number of pyridine rings is 1. The van der Waals surface area contributed by atoms with Crippen molar-refractivity contribution in [3.63, 3.8) is 0 Å². The Kier molecular flexibility index (Phi) is 5.32. The summed E-state index contributed by atoms with van der Waals surface area (Å²) >= 11 is 0. The molecule has 1 aromatic heterocycles. The number of hydrogen-bond donors (Lipinski definition) is 0. The number of nitrogens with zero attached hydrogens (tertiary/aromatic N) is 3. The Balaban J connectivity index is 2.02. The summed E-state index contributed by atoms with van der Waals surface area (Å²) in [5.74, 6) is 0.0925. The van der Waals surface area contributed by atoms with Crippen LogP contribution in [0, 0.1) is 11.3 Å². The van der Waals surface area contributed by atoms with Crippen molar-refractivity contribution in [2.24, 2.45) is 0 Å². The Morgan fingerprint density at radius 2 is 1.83 bits per heavy atom. The van der Waals surface area contributed by atoms with Crippen LogP contribution < -0.4 is 9.64 Å². The molecule has 1 aromatic carbocycles. The summed E-state index contributed by atoms with van der Waals surface area (Å²) in [6, 6.07) is 6.45. The number of nitriles is 1. The molecule has 1 saturated heterocycles. The molecule has 1 aliphatic rings. The normalized spacial score (nSPS) is 19.8. The fourth-order valence-corrected chi connectivity index (χ4v) is 2.99. The van der Waals surface area contributed by atoms with Gasteiger partial charge in [0, 0.05) is 24.6 Å². The van der Waals surface area contributed by atoms with E-state index in [-0.39, 0.29) is 24.6 Å². The van der Waals surface area contributed by atoms with Crippen molar-refractivity contribution in [2.45, 2.75) is 18.1 Å². The quantitative estimate of drug-likeness (QED) is 0.700. The zero-order valence-corrected chi connectivity index (χ0v) is 14.6. The van der Waals surface area contributed by atoms with E-state index < -0.39 is 35.8 Å². The number of alkyl halides is 6. The number of halogens is 6. The Bertz CT molecular complexity index is 911. The number of ether oxygens (including phenoxy) is 2. The lowest BCUT2D eigenvalue weighted by molar-refractivity contribution is -0.269. The van der Waals surface area contributed by atoms with E-state index in [1.165, 1.54) is 30.6 Å². The highest BCUT2D eigenvalue weighted by Gasteiger charge is 2.64. The molecule has 2 aromatic rings. The van der Waals surface area contributed by atoms with Crippen LogP contribution in [0.15, 0.2) is 42.7 Å². The minimum atomic E-state index is -4.98. The van der Waals surface area contributed by atoms with Gasteiger partial charge in [-0.25, -0.2) is 0 Å². The molecule has 0 bridgehead atoms. The van der Waals surface area contributed by atoms with Crippen LogP contribution in [0.25, 0.3) is 0 Å². The van der Waals surface area contributed by atoms with Crippen LogP contribution in [0.5, 0.6) is 5.75 Å². The molecule has 0 amide bonds. The summed E-state index contributed by atoms with van der Waals surface area (Å²) < 4.78 is 91.9. The van der Waals surface area contributed by atoms with Gasteiger partial charge in [0.25, 0.3) is 5.72 Å². The van der Waals surface area contributed by atoms with Crippen molar-refractivity contribution in [2.75, 3.05) is 24.7 Å². The molecule has 5 nitrogen and oxygen atoms in total. The molecule has 29 heavy (non-hydrogen) atoms. The number of anilines is 1. The van der Waals surface area contributed by atoms with Crippen LogP contribution in [0.1, 0.15) is 11.1 Å². The first kappa shape index (κ1) is 20.7. The number of hydrogen-bond acceptors (Lipinski definition) is 5. The molecule has 0 N–H and O–H groups in total. The van der Waals surface area contributed by atoms with Gasteiger partial charge >= 0.3 is 12.4 Å². The Morgan fingerprint density at radius 1 is 1.14 bits per heavy atom. The van der Waals surface area contributed by atoms with E-state index in [0.717, 1.165) is 12.1 Å². The summed E-state index contributed by atoms with van der Waals surface area (Å²) in [5.41, 5.74) is -5.39. The van der Waals surface area contributed by atoms with Crippen molar-refractivity contribution in [1.29, 1.82) is 5.26 Å². The van der Waals surface area contributed by atoms with Crippen molar-refractivity contribution < 1.29 is 35.8 Å². The van der Waals surface area contributed by atoms with Crippen LogP contribution in [0.4, 0.5) is 32.0 Å². The van der Waals surface area contributed by atoms with Gasteiger partial charge in [0.05, 0.1) is 23.8 Å². The van der Waals surface area contributed by atoms with E-state index in [0.29, 0.717) is 11.0 Å². The van der Waals surface area contributed by atoms with Crippen LogP contribution >= 0.6 is 0 Å². The monoisotopic (exact) mass is 417 g/mol. The van der Waals surface area contributed by atoms with Gasteiger partial charge in [-0.05, 0) is 30.3 Å². The van der Waals surface area contributed by atoms with Crippen LogP contribution in [0.2, 0.25) is 0 Å². The average Bonchev–Trinajstić information content (AvgIpc) is 3.11. The zero-order valence-electron chi connectivity index (χ0n) is 14.6. The van der Waals surface area contributed by atoms with E-state index in [9.17, 15) is 26.3 Å². The van der Waals surface area contributed by atoms with Gasteiger partial charge in [-0.3, -0.25) is 4.98 Å². The summed E-state index contributed by atoms with van der Waals surface area (Å²) in [6.07, 6.45) is -7.25. The third kappa shape index (κ3) is 3.93. The molecule has 1 aliphatic heterocycles. The van der Waals surface area contributed by atoms with Crippen molar-refractivity contribution >= 4 is 5.69 Å². The molecule has 0 spiro atoms. The summed E-state index contributed by atoms with van der Waals surface area (Å²) in [5, 5.41) is 8.89. The van der Waals surface area contributed by atoms with Gasteiger partial charge in [0.15, 0.2) is 0 Å². The van der Waals surface area contributed by atoms with E-state index in [1.807, 2.05) is 0 Å². The lowest BCUT2D eigenvalue weighted by Crippen LogP contribution is -2.60. The maximum absolute atomic E-state index is 14.0. The van der Waals surface area contributed by atoms with Crippen molar-refractivity contribution in [1.82, 2.24) is 4.98 Å². The lowest BCUT2D eigenvalue weighted by Gasteiger charge is -2.39. The minimum Gasteiger partial charge on any atom is -0.488 e. The molecule has 3 rings (SSSR count). The van der Waals surface area contributed by atoms with Gasteiger partial charge in [0.2, 0.25) is 0 Å². The Morgan fingerprint density at radius 3 is 2.41 bits per heavy atom. The highest BCUT2D eigenvalue weighted by atomic mass is 19.4. The second kappa shape index (κ2) is 7.44. The molecule has 1 unspecified atom stereocenters.